The number of rotatable bonds is 3. The van der Waals surface area contributed by atoms with E-state index < -0.39 is 15.8 Å². The average Bonchev–Trinajstić information content (AvgIpc) is 2.62. The van der Waals surface area contributed by atoms with Gasteiger partial charge in [0.1, 0.15) is 5.82 Å². The van der Waals surface area contributed by atoms with E-state index in [1.807, 2.05) is 6.92 Å². The monoisotopic (exact) mass is 377 g/mol. The molecule has 0 atom stereocenters. The summed E-state index contributed by atoms with van der Waals surface area (Å²) in [5.74, 6) is -0.434. The van der Waals surface area contributed by atoms with Crippen molar-refractivity contribution in [2.75, 3.05) is 31.5 Å². The van der Waals surface area contributed by atoms with Gasteiger partial charge < -0.3 is 10.2 Å². The molecule has 2 aromatic carbocycles. The number of piperazine rings is 1. The molecular weight excluding hydrogens is 357 g/mol. The van der Waals surface area contributed by atoms with Gasteiger partial charge in [0.15, 0.2) is 0 Å². The van der Waals surface area contributed by atoms with Crippen LogP contribution in [0.4, 0.5) is 14.9 Å². The van der Waals surface area contributed by atoms with E-state index in [1.165, 1.54) is 27.4 Å². The van der Waals surface area contributed by atoms with Gasteiger partial charge in [-0.15, -0.1) is 0 Å². The van der Waals surface area contributed by atoms with E-state index in [9.17, 15) is 17.6 Å². The molecule has 1 N–H and O–H groups in total. The molecule has 0 bridgehead atoms. The van der Waals surface area contributed by atoms with Crippen LogP contribution < -0.4 is 5.32 Å². The Bertz CT molecular complexity index is 892. The predicted octanol–water partition coefficient (Wildman–Crippen LogP) is 2.67. The number of anilines is 1. The van der Waals surface area contributed by atoms with Crippen molar-refractivity contribution in [1.29, 1.82) is 0 Å². The first-order valence-corrected chi connectivity index (χ1v) is 9.68. The van der Waals surface area contributed by atoms with Crippen molar-refractivity contribution in [3.63, 3.8) is 0 Å². The number of aryl methyl sites for hydroxylation is 1. The van der Waals surface area contributed by atoms with Gasteiger partial charge in [0.25, 0.3) is 0 Å². The van der Waals surface area contributed by atoms with Crippen LogP contribution in [0.5, 0.6) is 0 Å². The molecule has 1 aliphatic rings. The second kappa shape index (κ2) is 7.43. The SMILES string of the molecule is Cc1ccc(S(=O)(=O)N2CCN(C(=O)Nc3cccc(F)c3)CC2)cc1. The third-order valence-corrected chi connectivity index (χ3v) is 6.17. The van der Waals surface area contributed by atoms with Gasteiger partial charge in [-0.1, -0.05) is 23.8 Å². The van der Waals surface area contributed by atoms with Gasteiger partial charge in [0.2, 0.25) is 10.0 Å². The molecule has 6 nitrogen and oxygen atoms in total. The van der Waals surface area contributed by atoms with E-state index in [1.54, 1.807) is 30.3 Å². The van der Waals surface area contributed by atoms with Gasteiger partial charge in [0.05, 0.1) is 4.90 Å². The molecule has 8 heteroatoms. The number of urea groups is 1. The Balaban J connectivity index is 1.61. The van der Waals surface area contributed by atoms with Crippen LogP contribution in [0.1, 0.15) is 5.56 Å². The highest BCUT2D eigenvalue weighted by Crippen LogP contribution is 2.19. The fourth-order valence-electron chi connectivity index (χ4n) is 2.76. The molecule has 138 valence electrons. The summed E-state index contributed by atoms with van der Waals surface area (Å²) < 4.78 is 39.9. The second-order valence-corrected chi connectivity index (χ2v) is 8.08. The Hall–Kier alpha value is -2.45. The number of amides is 2. The van der Waals surface area contributed by atoms with E-state index in [0.717, 1.165) is 5.56 Å². The van der Waals surface area contributed by atoms with Gasteiger partial charge in [-0.05, 0) is 37.3 Å². The molecule has 3 rings (SSSR count). The fourth-order valence-corrected chi connectivity index (χ4v) is 4.18. The number of benzene rings is 2. The summed E-state index contributed by atoms with van der Waals surface area (Å²) in [6.45, 7) is 2.87. The molecule has 1 aliphatic heterocycles. The van der Waals surface area contributed by atoms with Crippen molar-refractivity contribution in [3.8, 4) is 0 Å². The fraction of sp³-hybridized carbons (Fsp3) is 0.278. The van der Waals surface area contributed by atoms with Crippen LogP contribution in [0.15, 0.2) is 53.4 Å². The highest BCUT2D eigenvalue weighted by molar-refractivity contribution is 7.89. The molecule has 0 saturated carbocycles. The normalized spacial score (nSPS) is 15.7. The highest BCUT2D eigenvalue weighted by Gasteiger charge is 2.30. The number of carbonyl (C=O) groups is 1. The number of nitrogens with zero attached hydrogens (tertiary/aromatic N) is 2. The molecule has 2 amide bonds. The zero-order chi connectivity index (χ0) is 18.7. The minimum Gasteiger partial charge on any atom is -0.322 e. The summed E-state index contributed by atoms with van der Waals surface area (Å²) in [6.07, 6.45) is 0. The Kier molecular flexibility index (Phi) is 5.24. The maximum absolute atomic E-state index is 13.2. The predicted molar refractivity (Wildman–Crippen MR) is 96.9 cm³/mol. The molecule has 0 aromatic heterocycles. The van der Waals surface area contributed by atoms with Crippen LogP contribution in [-0.2, 0) is 10.0 Å². The second-order valence-electron chi connectivity index (χ2n) is 6.14. The Morgan fingerprint density at radius 1 is 1.04 bits per heavy atom. The Morgan fingerprint density at radius 3 is 2.31 bits per heavy atom. The quantitative estimate of drug-likeness (QED) is 0.894. The number of sulfonamides is 1. The Morgan fingerprint density at radius 2 is 1.69 bits per heavy atom. The van der Waals surface area contributed by atoms with Crippen LogP contribution in [0.3, 0.4) is 0 Å². The van der Waals surface area contributed by atoms with Gasteiger partial charge in [-0.2, -0.15) is 4.31 Å². The van der Waals surface area contributed by atoms with Crippen LogP contribution in [0.2, 0.25) is 0 Å². The standard InChI is InChI=1S/C18H20FN3O3S/c1-14-5-7-17(8-6-14)26(24,25)22-11-9-21(10-12-22)18(23)20-16-4-2-3-15(19)13-16/h2-8,13H,9-12H2,1H3,(H,20,23). The number of hydrogen-bond acceptors (Lipinski definition) is 3. The van der Waals surface area contributed by atoms with E-state index >= 15 is 0 Å². The van der Waals surface area contributed by atoms with Crippen LogP contribution in [0, 0.1) is 12.7 Å². The molecule has 1 fully saturated rings. The maximum atomic E-state index is 13.2. The van der Waals surface area contributed by atoms with E-state index in [4.69, 9.17) is 0 Å². The minimum atomic E-state index is -3.57. The number of carbonyl (C=O) groups excluding carboxylic acids is 1. The zero-order valence-corrected chi connectivity index (χ0v) is 15.2. The van der Waals surface area contributed by atoms with Crippen molar-refractivity contribution in [2.24, 2.45) is 0 Å². The van der Waals surface area contributed by atoms with Crippen LogP contribution in [-0.4, -0.2) is 49.8 Å². The summed E-state index contributed by atoms with van der Waals surface area (Å²) in [4.78, 5) is 14.0. The van der Waals surface area contributed by atoms with Crippen molar-refractivity contribution in [3.05, 3.63) is 59.9 Å². The Labute approximate surface area is 152 Å². The topological polar surface area (TPSA) is 69.7 Å². The van der Waals surface area contributed by atoms with Gasteiger partial charge in [0, 0.05) is 31.9 Å². The molecule has 1 saturated heterocycles. The summed E-state index contributed by atoms with van der Waals surface area (Å²) in [5.41, 5.74) is 1.35. The molecule has 0 aliphatic carbocycles. The zero-order valence-electron chi connectivity index (χ0n) is 14.4. The molecule has 26 heavy (non-hydrogen) atoms. The molecule has 0 unspecified atom stereocenters. The lowest BCUT2D eigenvalue weighted by molar-refractivity contribution is 0.184. The summed E-state index contributed by atoms with van der Waals surface area (Å²) in [5, 5.41) is 2.62. The lowest BCUT2D eigenvalue weighted by Crippen LogP contribution is -2.51. The third-order valence-electron chi connectivity index (χ3n) is 4.26. The first-order chi connectivity index (χ1) is 12.4. The van der Waals surface area contributed by atoms with E-state index in [2.05, 4.69) is 5.32 Å². The van der Waals surface area contributed by atoms with Crippen LogP contribution in [0.25, 0.3) is 0 Å². The first-order valence-electron chi connectivity index (χ1n) is 8.24. The highest BCUT2D eigenvalue weighted by atomic mass is 32.2. The third kappa shape index (κ3) is 4.03. The van der Waals surface area contributed by atoms with E-state index in [0.29, 0.717) is 5.69 Å². The molecule has 2 aromatic rings. The summed E-state index contributed by atoms with van der Waals surface area (Å²) in [6, 6.07) is 12.0. The number of halogens is 1. The number of nitrogens with one attached hydrogen (secondary N) is 1. The van der Waals surface area contributed by atoms with Crippen molar-refractivity contribution < 1.29 is 17.6 Å². The summed E-state index contributed by atoms with van der Waals surface area (Å²) in [7, 11) is -3.57. The lowest BCUT2D eigenvalue weighted by Gasteiger charge is -2.34. The van der Waals surface area contributed by atoms with Crippen LogP contribution >= 0.6 is 0 Å². The smallest absolute Gasteiger partial charge is 0.321 e. The van der Waals surface area contributed by atoms with Gasteiger partial charge in [-0.25, -0.2) is 17.6 Å². The van der Waals surface area contributed by atoms with Gasteiger partial charge in [-0.3, -0.25) is 0 Å². The van der Waals surface area contributed by atoms with Crippen molar-refractivity contribution in [2.45, 2.75) is 11.8 Å². The maximum Gasteiger partial charge on any atom is 0.321 e. The summed E-state index contributed by atoms with van der Waals surface area (Å²) >= 11 is 0. The molecule has 0 spiro atoms. The molecule has 0 radical (unpaired) electrons. The van der Waals surface area contributed by atoms with Crippen molar-refractivity contribution in [1.82, 2.24) is 9.21 Å². The molecule has 1 heterocycles. The largest absolute Gasteiger partial charge is 0.322 e. The van der Waals surface area contributed by atoms with Crippen molar-refractivity contribution >= 4 is 21.7 Å². The van der Waals surface area contributed by atoms with E-state index in [-0.39, 0.29) is 37.1 Å². The first kappa shape index (κ1) is 18.3. The molecular formula is C18H20FN3O3S. The lowest BCUT2D eigenvalue weighted by atomic mass is 10.2. The number of hydrogen-bond donors (Lipinski definition) is 1. The average molecular weight is 377 g/mol. The van der Waals surface area contributed by atoms with Gasteiger partial charge >= 0.3 is 6.03 Å². The minimum absolute atomic E-state index is 0.215.